The first-order valence-corrected chi connectivity index (χ1v) is 13.3. The minimum atomic E-state index is -0.281. The second-order valence-electron chi connectivity index (χ2n) is 12.9. The number of methoxy groups -OCH3 is 1. The minimum absolute atomic E-state index is 0.281. The van der Waals surface area contributed by atoms with Crippen LogP contribution in [0.3, 0.4) is 0 Å². The first-order chi connectivity index (χ1) is 14.8. The van der Waals surface area contributed by atoms with E-state index in [-0.39, 0.29) is 5.79 Å². The third-order valence-electron chi connectivity index (χ3n) is 11.7. The number of rotatable bonds is 1. The number of hydrogen-bond acceptors (Lipinski definition) is 3. The van der Waals surface area contributed by atoms with E-state index in [0.717, 1.165) is 30.8 Å². The molecule has 2 aliphatic heterocycles. The van der Waals surface area contributed by atoms with Gasteiger partial charge in [-0.25, -0.2) is 0 Å². The van der Waals surface area contributed by atoms with E-state index in [2.05, 4.69) is 33.8 Å². The van der Waals surface area contributed by atoms with Crippen molar-refractivity contribution in [1.29, 1.82) is 0 Å². The predicted molar refractivity (Wildman–Crippen MR) is 122 cm³/mol. The summed E-state index contributed by atoms with van der Waals surface area (Å²) in [6.07, 6.45) is 14.9. The number of hydrogen-bond donors (Lipinski definition) is 0. The van der Waals surface area contributed by atoms with Crippen LogP contribution in [0.25, 0.3) is 0 Å². The topological polar surface area (TPSA) is 27.7 Å². The zero-order valence-corrected chi connectivity index (χ0v) is 20.5. The van der Waals surface area contributed by atoms with Crippen LogP contribution in [0.2, 0.25) is 0 Å². The molecular formula is C28H44O3. The Balaban J connectivity index is 1.27. The van der Waals surface area contributed by atoms with Crippen molar-refractivity contribution in [3.05, 3.63) is 11.6 Å². The van der Waals surface area contributed by atoms with E-state index in [1.54, 1.807) is 5.57 Å². The van der Waals surface area contributed by atoms with Gasteiger partial charge in [0.15, 0.2) is 5.79 Å². The predicted octanol–water partition coefficient (Wildman–Crippen LogP) is 6.37. The summed E-state index contributed by atoms with van der Waals surface area (Å²) in [6, 6.07) is 0. The van der Waals surface area contributed by atoms with Crippen molar-refractivity contribution in [2.45, 2.75) is 103 Å². The van der Waals surface area contributed by atoms with Crippen molar-refractivity contribution in [3.63, 3.8) is 0 Å². The van der Waals surface area contributed by atoms with Gasteiger partial charge in [-0.05, 0) is 91.8 Å². The van der Waals surface area contributed by atoms with Gasteiger partial charge >= 0.3 is 0 Å². The van der Waals surface area contributed by atoms with Crippen molar-refractivity contribution in [1.82, 2.24) is 0 Å². The fourth-order valence-corrected chi connectivity index (χ4v) is 9.85. The molecule has 3 saturated carbocycles. The van der Waals surface area contributed by atoms with Gasteiger partial charge in [-0.3, -0.25) is 0 Å². The van der Waals surface area contributed by atoms with Crippen LogP contribution in [-0.2, 0) is 14.2 Å². The molecule has 0 aromatic rings. The lowest BCUT2D eigenvalue weighted by molar-refractivity contribution is -0.272. The van der Waals surface area contributed by atoms with Gasteiger partial charge in [0, 0.05) is 19.4 Å². The Morgan fingerprint density at radius 1 is 1.03 bits per heavy atom. The molecule has 5 fully saturated rings. The lowest BCUT2D eigenvalue weighted by Crippen LogP contribution is -2.52. The van der Waals surface area contributed by atoms with Gasteiger partial charge in [-0.15, -0.1) is 0 Å². The number of ether oxygens (including phenoxy) is 3. The summed E-state index contributed by atoms with van der Waals surface area (Å²) in [5, 5.41) is 0. The molecule has 0 unspecified atom stereocenters. The molecule has 11 atom stereocenters. The Labute approximate surface area is 189 Å². The molecule has 0 amide bonds. The lowest BCUT2D eigenvalue weighted by atomic mass is 9.47. The van der Waals surface area contributed by atoms with Crippen molar-refractivity contribution >= 4 is 0 Å². The summed E-state index contributed by atoms with van der Waals surface area (Å²) in [4.78, 5) is 0. The van der Waals surface area contributed by atoms with Crippen LogP contribution < -0.4 is 0 Å². The first-order valence-electron chi connectivity index (χ1n) is 13.3. The van der Waals surface area contributed by atoms with Gasteiger partial charge in [0.1, 0.15) is 0 Å². The molecule has 0 aromatic heterocycles. The van der Waals surface area contributed by atoms with Crippen LogP contribution in [0.1, 0.15) is 85.5 Å². The van der Waals surface area contributed by atoms with Crippen LogP contribution in [0.15, 0.2) is 11.6 Å². The van der Waals surface area contributed by atoms with Gasteiger partial charge in [-0.1, -0.05) is 39.3 Å². The second-order valence-corrected chi connectivity index (χ2v) is 12.9. The zero-order chi connectivity index (χ0) is 21.6. The molecule has 3 heteroatoms. The highest BCUT2D eigenvalue weighted by atomic mass is 16.7. The highest BCUT2D eigenvalue weighted by Crippen LogP contribution is 2.70. The number of fused-ring (bicyclic) bond motifs is 7. The molecule has 0 N–H and O–H groups in total. The molecule has 3 nitrogen and oxygen atoms in total. The van der Waals surface area contributed by atoms with Gasteiger partial charge in [0.2, 0.25) is 0 Å². The maximum atomic E-state index is 6.92. The normalized spacial score (nSPS) is 58.3. The Morgan fingerprint density at radius 3 is 2.61 bits per heavy atom. The Bertz CT molecular complexity index is 751. The standard InChI is InChI=1S/C28H44O3/c1-17-8-13-28(30-16-17)18(2)25-24(31-28)15-23-21-7-6-19-14-20(29-5)9-11-26(19,3)22(21)10-12-27(23,25)4/h6,17-18,20-25H,7-16H2,1-5H3/t17-,18-,20-,21-,22+,23-,24-,25-,26+,27-,28+/m0/s1. The molecule has 0 bridgehead atoms. The molecule has 4 aliphatic carbocycles. The average molecular weight is 429 g/mol. The van der Waals surface area contributed by atoms with Gasteiger partial charge in [0.05, 0.1) is 18.8 Å². The molecule has 6 aliphatic rings. The Kier molecular flexibility index (Phi) is 4.82. The van der Waals surface area contributed by atoms with E-state index in [1.165, 1.54) is 51.4 Å². The summed E-state index contributed by atoms with van der Waals surface area (Å²) in [7, 11) is 1.90. The minimum Gasteiger partial charge on any atom is -0.381 e. The van der Waals surface area contributed by atoms with E-state index < -0.39 is 0 Å². The summed E-state index contributed by atoms with van der Waals surface area (Å²) in [6.45, 7) is 10.9. The van der Waals surface area contributed by atoms with Gasteiger partial charge < -0.3 is 14.2 Å². The zero-order valence-electron chi connectivity index (χ0n) is 20.5. The summed E-state index contributed by atoms with van der Waals surface area (Å²) < 4.78 is 19.2. The maximum Gasteiger partial charge on any atom is 0.171 e. The molecule has 31 heavy (non-hydrogen) atoms. The Hall–Kier alpha value is -0.380. The quantitative estimate of drug-likeness (QED) is 0.454. The fourth-order valence-electron chi connectivity index (χ4n) is 9.85. The van der Waals surface area contributed by atoms with E-state index in [9.17, 15) is 0 Å². The lowest BCUT2D eigenvalue weighted by Gasteiger charge is -2.58. The Morgan fingerprint density at radius 2 is 1.87 bits per heavy atom. The summed E-state index contributed by atoms with van der Waals surface area (Å²) >= 11 is 0. The largest absolute Gasteiger partial charge is 0.381 e. The van der Waals surface area contributed by atoms with Gasteiger partial charge in [-0.2, -0.15) is 0 Å². The van der Waals surface area contributed by atoms with Crippen molar-refractivity contribution in [2.24, 2.45) is 46.3 Å². The molecule has 0 radical (unpaired) electrons. The average Bonchev–Trinajstić information content (AvgIpc) is 3.20. The van der Waals surface area contributed by atoms with E-state index in [1.807, 2.05) is 7.11 Å². The van der Waals surface area contributed by atoms with E-state index >= 15 is 0 Å². The number of allylic oxidation sites excluding steroid dienone is 1. The second kappa shape index (κ2) is 7.06. The van der Waals surface area contributed by atoms with Crippen LogP contribution in [-0.4, -0.2) is 31.7 Å². The van der Waals surface area contributed by atoms with E-state index in [0.29, 0.717) is 40.8 Å². The molecule has 2 heterocycles. The maximum absolute atomic E-state index is 6.92. The third-order valence-corrected chi connectivity index (χ3v) is 11.7. The SMILES string of the molecule is CO[C@H]1CC[C@]2(C)C(=CC[C@H]3[C@H]2CC[C@]2(C)[C@@H]4[C@H](C[C@@H]32)O[C@]2(CC[C@H](C)CO2)[C@H]4C)C1. The molecule has 0 aromatic carbocycles. The van der Waals surface area contributed by atoms with Crippen molar-refractivity contribution in [2.75, 3.05) is 13.7 Å². The van der Waals surface area contributed by atoms with Crippen molar-refractivity contribution in [3.8, 4) is 0 Å². The van der Waals surface area contributed by atoms with Crippen molar-refractivity contribution < 1.29 is 14.2 Å². The molecule has 6 rings (SSSR count). The van der Waals surface area contributed by atoms with E-state index in [4.69, 9.17) is 14.2 Å². The fraction of sp³-hybridized carbons (Fsp3) is 0.929. The van der Waals surface area contributed by atoms with Crippen LogP contribution in [0.5, 0.6) is 0 Å². The highest BCUT2D eigenvalue weighted by Gasteiger charge is 2.68. The van der Waals surface area contributed by atoms with Crippen LogP contribution in [0, 0.1) is 46.3 Å². The molecule has 2 saturated heterocycles. The monoisotopic (exact) mass is 428 g/mol. The highest BCUT2D eigenvalue weighted by molar-refractivity contribution is 5.26. The van der Waals surface area contributed by atoms with Crippen LogP contribution in [0.4, 0.5) is 0 Å². The smallest absolute Gasteiger partial charge is 0.171 e. The summed E-state index contributed by atoms with van der Waals surface area (Å²) in [5.41, 5.74) is 2.56. The molecule has 174 valence electrons. The molecular weight excluding hydrogens is 384 g/mol. The summed E-state index contributed by atoms with van der Waals surface area (Å²) in [5.74, 6) is 4.12. The molecule has 1 spiro atoms. The third kappa shape index (κ3) is 2.81. The van der Waals surface area contributed by atoms with Crippen LogP contribution >= 0.6 is 0 Å². The van der Waals surface area contributed by atoms with Gasteiger partial charge in [0.25, 0.3) is 0 Å². The first kappa shape index (κ1) is 21.2.